The summed E-state index contributed by atoms with van der Waals surface area (Å²) in [5.41, 5.74) is 0. The van der Waals surface area contributed by atoms with Crippen molar-refractivity contribution in [3.05, 3.63) is 12.3 Å². The topological polar surface area (TPSA) is 15.3 Å². The molecule has 14 heavy (non-hydrogen) atoms. The largest absolute Gasteiger partial charge is 0.362 e. The molecule has 1 fully saturated rings. The van der Waals surface area contributed by atoms with Gasteiger partial charge >= 0.3 is 0 Å². The molecule has 2 aliphatic rings. The van der Waals surface area contributed by atoms with Gasteiger partial charge in [-0.2, -0.15) is 0 Å². The van der Waals surface area contributed by atoms with Gasteiger partial charge in [0.05, 0.1) is 6.17 Å². The molecule has 1 saturated heterocycles. The smallest absolute Gasteiger partial charge is 0.0790 e. The Hall–Kier alpha value is -0.500. The Morgan fingerprint density at radius 1 is 1.07 bits per heavy atom. The van der Waals surface area contributed by atoms with E-state index < -0.39 is 0 Å². The summed E-state index contributed by atoms with van der Waals surface area (Å²) < 4.78 is 0. The zero-order valence-corrected chi connectivity index (χ0v) is 9.04. The molecule has 0 radical (unpaired) electrons. The lowest BCUT2D eigenvalue weighted by Crippen LogP contribution is -2.42. The van der Waals surface area contributed by atoms with E-state index in [2.05, 4.69) is 22.5 Å². The maximum absolute atomic E-state index is 3.68. The molecule has 2 aliphatic heterocycles. The van der Waals surface area contributed by atoms with Gasteiger partial charge in [0.15, 0.2) is 0 Å². The third-order valence-corrected chi connectivity index (χ3v) is 3.27. The van der Waals surface area contributed by atoms with Crippen LogP contribution in [-0.2, 0) is 0 Å². The van der Waals surface area contributed by atoms with Crippen molar-refractivity contribution >= 4 is 0 Å². The first-order valence-corrected chi connectivity index (χ1v) is 6.12. The minimum atomic E-state index is 0.617. The number of nitrogens with zero attached hydrogens (tertiary/aromatic N) is 1. The van der Waals surface area contributed by atoms with E-state index in [-0.39, 0.29) is 0 Å². The van der Waals surface area contributed by atoms with Gasteiger partial charge in [-0.25, -0.2) is 0 Å². The highest BCUT2D eigenvalue weighted by Crippen LogP contribution is 2.16. The van der Waals surface area contributed by atoms with Crippen molar-refractivity contribution in [2.24, 2.45) is 0 Å². The van der Waals surface area contributed by atoms with Crippen LogP contribution in [0.4, 0.5) is 0 Å². The Morgan fingerprint density at radius 2 is 2.07 bits per heavy atom. The molecule has 0 aromatic rings. The minimum Gasteiger partial charge on any atom is -0.362 e. The maximum atomic E-state index is 3.68. The average Bonchev–Trinajstić information content (AvgIpc) is 2.35. The average molecular weight is 194 g/mol. The predicted octanol–water partition coefficient (Wildman–Crippen LogP) is 2.48. The fourth-order valence-electron chi connectivity index (χ4n) is 2.39. The first kappa shape index (κ1) is 10.0. The van der Waals surface area contributed by atoms with Gasteiger partial charge in [-0.15, -0.1) is 0 Å². The van der Waals surface area contributed by atoms with Crippen LogP contribution in [0.2, 0.25) is 0 Å². The van der Waals surface area contributed by atoms with Crippen LogP contribution in [0, 0.1) is 0 Å². The van der Waals surface area contributed by atoms with Gasteiger partial charge in [-0.3, -0.25) is 5.32 Å². The van der Waals surface area contributed by atoms with Gasteiger partial charge in [-0.1, -0.05) is 12.5 Å². The van der Waals surface area contributed by atoms with Crippen molar-refractivity contribution in [3.63, 3.8) is 0 Å². The molecule has 1 atom stereocenters. The molecule has 2 heteroatoms. The van der Waals surface area contributed by atoms with Crippen molar-refractivity contribution in [1.29, 1.82) is 0 Å². The third kappa shape index (κ3) is 2.74. The summed E-state index contributed by atoms with van der Waals surface area (Å²) in [4.78, 5) is 2.51. The Morgan fingerprint density at radius 3 is 3.07 bits per heavy atom. The Balaban J connectivity index is 1.99. The van der Waals surface area contributed by atoms with Gasteiger partial charge < -0.3 is 4.90 Å². The van der Waals surface area contributed by atoms with Crippen molar-refractivity contribution in [2.75, 3.05) is 13.1 Å². The molecule has 0 aliphatic carbocycles. The normalized spacial score (nSPS) is 29.7. The molecular formula is C12H22N2. The SMILES string of the molecule is C1=CN2CCCCCC2NCCCC1. The fraction of sp³-hybridized carbons (Fsp3) is 0.833. The molecule has 1 N–H and O–H groups in total. The summed E-state index contributed by atoms with van der Waals surface area (Å²) in [6.07, 6.45) is 14.7. The van der Waals surface area contributed by atoms with E-state index >= 15 is 0 Å². The fourth-order valence-corrected chi connectivity index (χ4v) is 2.39. The number of hydrogen-bond donors (Lipinski definition) is 1. The number of nitrogens with one attached hydrogen (secondary N) is 1. The molecule has 0 amide bonds. The lowest BCUT2D eigenvalue weighted by molar-refractivity contribution is 0.237. The molecule has 0 bridgehead atoms. The minimum absolute atomic E-state index is 0.617. The van der Waals surface area contributed by atoms with Gasteiger partial charge in [0, 0.05) is 6.54 Å². The molecule has 2 rings (SSSR count). The second-order valence-corrected chi connectivity index (χ2v) is 4.44. The summed E-state index contributed by atoms with van der Waals surface area (Å²) in [6.45, 7) is 2.44. The molecule has 2 nitrogen and oxygen atoms in total. The lowest BCUT2D eigenvalue weighted by atomic mass is 10.2. The summed E-state index contributed by atoms with van der Waals surface area (Å²) in [7, 11) is 0. The number of rotatable bonds is 0. The van der Waals surface area contributed by atoms with Crippen LogP contribution >= 0.6 is 0 Å². The van der Waals surface area contributed by atoms with Crippen LogP contribution in [-0.4, -0.2) is 24.2 Å². The molecule has 1 unspecified atom stereocenters. The Labute approximate surface area is 87.4 Å². The van der Waals surface area contributed by atoms with Crippen molar-refractivity contribution < 1.29 is 0 Å². The number of allylic oxidation sites excluding steroid dienone is 1. The van der Waals surface area contributed by atoms with Crippen molar-refractivity contribution in [1.82, 2.24) is 10.2 Å². The molecule has 0 spiro atoms. The summed E-state index contributed by atoms with van der Waals surface area (Å²) in [5.74, 6) is 0. The number of fused-ring (bicyclic) bond motifs is 1. The summed E-state index contributed by atoms with van der Waals surface area (Å²) in [6, 6.07) is 0. The van der Waals surface area contributed by atoms with E-state index in [1.807, 2.05) is 0 Å². The lowest BCUT2D eigenvalue weighted by Gasteiger charge is -2.29. The zero-order valence-electron chi connectivity index (χ0n) is 9.04. The molecule has 0 aromatic carbocycles. The monoisotopic (exact) mass is 194 g/mol. The van der Waals surface area contributed by atoms with Crippen LogP contribution in [0.15, 0.2) is 12.3 Å². The zero-order chi connectivity index (χ0) is 9.64. The van der Waals surface area contributed by atoms with Crippen LogP contribution in [0.25, 0.3) is 0 Å². The van der Waals surface area contributed by atoms with Crippen molar-refractivity contribution in [2.45, 2.75) is 51.1 Å². The van der Waals surface area contributed by atoms with Crippen LogP contribution in [0.5, 0.6) is 0 Å². The van der Waals surface area contributed by atoms with Gasteiger partial charge in [0.1, 0.15) is 0 Å². The third-order valence-electron chi connectivity index (χ3n) is 3.27. The molecule has 0 aromatic heterocycles. The molecule has 80 valence electrons. The van der Waals surface area contributed by atoms with Crippen LogP contribution < -0.4 is 5.32 Å². The van der Waals surface area contributed by atoms with E-state index in [4.69, 9.17) is 0 Å². The van der Waals surface area contributed by atoms with Crippen molar-refractivity contribution in [3.8, 4) is 0 Å². The van der Waals surface area contributed by atoms with Crippen LogP contribution in [0.3, 0.4) is 0 Å². The molecular weight excluding hydrogens is 172 g/mol. The summed E-state index contributed by atoms with van der Waals surface area (Å²) >= 11 is 0. The summed E-state index contributed by atoms with van der Waals surface area (Å²) in [5, 5.41) is 3.68. The highest BCUT2D eigenvalue weighted by molar-refractivity contribution is 4.88. The molecule has 0 saturated carbocycles. The Kier molecular flexibility index (Phi) is 3.87. The van der Waals surface area contributed by atoms with Gasteiger partial charge in [0.25, 0.3) is 0 Å². The number of hydrogen-bond acceptors (Lipinski definition) is 2. The van der Waals surface area contributed by atoms with E-state index in [0.29, 0.717) is 6.17 Å². The van der Waals surface area contributed by atoms with E-state index in [1.54, 1.807) is 0 Å². The van der Waals surface area contributed by atoms with Crippen LogP contribution in [0.1, 0.15) is 44.9 Å². The van der Waals surface area contributed by atoms with E-state index in [9.17, 15) is 0 Å². The van der Waals surface area contributed by atoms with Gasteiger partial charge in [0.2, 0.25) is 0 Å². The highest BCUT2D eigenvalue weighted by atomic mass is 15.3. The predicted molar refractivity (Wildman–Crippen MR) is 60.0 cm³/mol. The Bertz CT molecular complexity index is 189. The highest BCUT2D eigenvalue weighted by Gasteiger charge is 2.17. The standard InChI is InChI=1S/C12H22N2/c1-2-6-10-14-11-7-3-4-8-12(14)13-9-5-1/h6,10,12-13H,1-5,7-9,11H2. The van der Waals surface area contributed by atoms with E-state index in [1.165, 1.54) is 58.0 Å². The maximum Gasteiger partial charge on any atom is 0.0790 e. The molecule has 2 heterocycles. The first-order chi connectivity index (χ1) is 6.97. The van der Waals surface area contributed by atoms with E-state index in [0.717, 1.165) is 0 Å². The first-order valence-electron chi connectivity index (χ1n) is 6.12. The second-order valence-electron chi connectivity index (χ2n) is 4.44. The second kappa shape index (κ2) is 5.40. The quantitative estimate of drug-likeness (QED) is 0.637. The van der Waals surface area contributed by atoms with Gasteiger partial charge in [-0.05, 0) is 51.3 Å².